The normalized spacial score (nSPS) is 16.0. The topological polar surface area (TPSA) is 90.6 Å². The van der Waals surface area contributed by atoms with E-state index in [1.54, 1.807) is 11.3 Å². The molecule has 2 aromatic heterocycles. The van der Waals surface area contributed by atoms with Crippen LogP contribution in [0.1, 0.15) is 22.7 Å². The quantitative estimate of drug-likeness (QED) is 0.596. The molecule has 0 atom stereocenters. The Hall–Kier alpha value is -2.75. The van der Waals surface area contributed by atoms with Gasteiger partial charge in [0.1, 0.15) is 10.7 Å². The molecule has 1 aromatic carbocycles. The van der Waals surface area contributed by atoms with E-state index in [-0.39, 0.29) is 18.0 Å². The van der Waals surface area contributed by atoms with Gasteiger partial charge in [-0.05, 0) is 56.1 Å². The molecule has 0 spiro atoms. The molecule has 8 nitrogen and oxygen atoms in total. The number of anilines is 2. The Labute approximate surface area is 190 Å². The third-order valence-electron chi connectivity index (χ3n) is 5.98. The maximum atomic E-state index is 12.6. The minimum Gasteiger partial charge on any atom is -0.378 e. The minimum atomic E-state index is -0.106. The molecule has 1 aliphatic carbocycles. The second kappa shape index (κ2) is 9.01. The number of fused-ring (bicyclic) bond motifs is 3. The van der Waals surface area contributed by atoms with Crippen LogP contribution in [-0.4, -0.2) is 60.7 Å². The highest BCUT2D eigenvalue weighted by atomic mass is 32.1. The van der Waals surface area contributed by atoms with Crippen LogP contribution in [0.5, 0.6) is 0 Å². The fourth-order valence-corrected chi connectivity index (χ4v) is 5.74. The Balaban J connectivity index is 1.18. The highest BCUT2D eigenvalue weighted by molar-refractivity contribution is 7.18. The fourth-order valence-electron chi connectivity index (χ4n) is 4.46. The summed E-state index contributed by atoms with van der Waals surface area (Å²) in [5.74, 6) is 0.484. The summed E-state index contributed by atoms with van der Waals surface area (Å²) < 4.78 is 5.39. The third-order valence-corrected chi connectivity index (χ3v) is 7.17. The van der Waals surface area contributed by atoms with E-state index in [4.69, 9.17) is 4.74 Å². The van der Waals surface area contributed by atoms with Crippen LogP contribution in [-0.2, 0) is 28.9 Å². The fraction of sp³-hybridized carbons (Fsp3) is 0.435. The molecule has 1 fully saturated rings. The second-order valence-corrected chi connectivity index (χ2v) is 9.50. The van der Waals surface area contributed by atoms with E-state index in [1.165, 1.54) is 10.4 Å². The van der Waals surface area contributed by atoms with Crippen LogP contribution < -0.4 is 15.8 Å². The molecule has 3 heterocycles. The summed E-state index contributed by atoms with van der Waals surface area (Å²) in [5, 5.41) is 3.70. The first kappa shape index (κ1) is 21.1. The maximum absolute atomic E-state index is 12.6. The van der Waals surface area contributed by atoms with Gasteiger partial charge in [0, 0.05) is 29.3 Å². The smallest absolute Gasteiger partial charge is 0.259 e. The molecule has 0 unspecified atom stereocenters. The number of likely N-dealkylation sites (N-methyl/N-ethyl adjacent to an activating group) is 1. The Kier molecular flexibility index (Phi) is 5.95. The van der Waals surface area contributed by atoms with E-state index in [9.17, 15) is 9.59 Å². The number of aryl methyl sites for hydroxylation is 2. The molecule has 1 saturated heterocycles. The lowest BCUT2D eigenvalue weighted by molar-refractivity contribution is -0.117. The third kappa shape index (κ3) is 4.41. The molecule has 1 aliphatic heterocycles. The first-order valence-electron chi connectivity index (χ1n) is 11.0. The van der Waals surface area contributed by atoms with Crippen molar-refractivity contribution in [2.24, 2.45) is 0 Å². The summed E-state index contributed by atoms with van der Waals surface area (Å²) in [6.45, 7) is 3.85. The van der Waals surface area contributed by atoms with Crippen LogP contribution in [0, 0.1) is 0 Å². The zero-order valence-corrected chi connectivity index (χ0v) is 19.0. The predicted molar refractivity (Wildman–Crippen MR) is 127 cm³/mol. The number of aromatic nitrogens is 2. The van der Waals surface area contributed by atoms with E-state index >= 15 is 0 Å². The summed E-state index contributed by atoms with van der Waals surface area (Å²) in [4.78, 5) is 38.9. The molecular weight excluding hydrogens is 426 g/mol. The van der Waals surface area contributed by atoms with E-state index < -0.39 is 0 Å². The predicted octanol–water partition coefficient (Wildman–Crippen LogP) is 2.38. The van der Waals surface area contributed by atoms with Crippen molar-refractivity contribution in [2.45, 2.75) is 25.8 Å². The number of morpholine rings is 1. The maximum Gasteiger partial charge on any atom is 0.259 e. The molecule has 5 rings (SSSR count). The van der Waals surface area contributed by atoms with Crippen LogP contribution in [0.4, 0.5) is 11.4 Å². The lowest BCUT2D eigenvalue weighted by Crippen LogP contribution is -2.36. The highest BCUT2D eigenvalue weighted by Gasteiger charge is 2.21. The summed E-state index contributed by atoms with van der Waals surface area (Å²) in [6, 6.07) is 7.89. The summed E-state index contributed by atoms with van der Waals surface area (Å²) in [6.07, 6.45) is 3.12. The number of nitrogens with one attached hydrogen (secondary N) is 2. The van der Waals surface area contributed by atoms with Crippen molar-refractivity contribution in [2.75, 3.05) is 50.1 Å². The number of ether oxygens (including phenoxy) is 1. The molecule has 0 saturated carbocycles. The van der Waals surface area contributed by atoms with Gasteiger partial charge in [0.2, 0.25) is 5.91 Å². The molecule has 9 heteroatoms. The summed E-state index contributed by atoms with van der Waals surface area (Å²) in [5.41, 5.74) is 3.01. The summed E-state index contributed by atoms with van der Waals surface area (Å²) in [7, 11) is 1.85. The average Bonchev–Trinajstić information content (AvgIpc) is 3.35. The number of rotatable bonds is 6. The molecular formula is C23H27N5O3S. The molecule has 0 radical (unpaired) electrons. The number of amides is 1. The van der Waals surface area contributed by atoms with Gasteiger partial charge in [0.15, 0.2) is 0 Å². The lowest BCUT2D eigenvalue weighted by atomic mass is 10.2. The van der Waals surface area contributed by atoms with E-state index in [0.29, 0.717) is 12.4 Å². The monoisotopic (exact) mass is 453 g/mol. The number of nitrogens with zero attached hydrogens (tertiary/aromatic N) is 3. The number of hydrogen-bond donors (Lipinski definition) is 2. The van der Waals surface area contributed by atoms with Crippen molar-refractivity contribution in [3.8, 4) is 0 Å². The Morgan fingerprint density at radius 1 is 1.25 bits per heavy atom. The van der Waals surface area contributed by atoms with Gasteiger partial charge in [0.05, 0.1) is 31.7 Å². The van der Waals surface area contributed by atoms with E-state index in [0.717, 1.165) is 67.2 Å². The average molecular weight is 454 g/mol. The highest BCUT2D eigenvalue weighted by Crippen LogP contribution is 2.34. The zero-order chi connectivity index (χ0) is 22.1. The second-order valence-electron chi connectivity index (χ2n) is 8.42. The van der Waals surface area contributed by atoms with Crippen LogP contribution in [0.3, 0.4) is 0 Å². The van der Waals surface area contributed by atoms with Crippen LogP contribution in [0.2, 0.25) is 0 Å². The SMILES string of the molecule is CN(CC(=O)Nc1ccc(N2CCOCC2)cc1)Cc1nc2sc3c(c2c(=O)[nH]1)CCC3. The van der Waals surface area contributed by atoms with Crippen LogP contribution in [0.25, 0.3) is 10.2 Å². The number of thiophene rings is 1. The van der Waals surface area contributed by atoms with Crippen molar-refractivity contribution in [3.63, 3.8) is 0 Å². The first-order valence-corrected chi connectivity index (χ1v) is 11.8. The van der Waals surface area contributed by atoms with Gasteiger partial charge in [-0.1, -0.05) is 0 Å². The van der Waals surface area contributed by atoms with Gasteiger partial charge in [-0.3, -0.25) is 14.5 Å². The summed E-state index contributed by atoms with van der Waals surface area (Å²) >= 11 is 1.63. The Bertz CT molecular complexity index is 1180. The number of carbonyl (C=O) groups excluding carboxylic acids is 1. The molecule has 1 amide bonds. The van der Waals surface area contributed by atoms with Crippen molar-refractivity contribution in [1.29, 1.82) is 0 Å². The molecule has 3 aromatic rings. The Morgan fingerprint density at radius 3 is 2.81 bits per heavy atom. The van der Waals surface area contributed by atoms with Gasteiger partial charge in [-0.2, -0.15) is 0 Å². The molecule has 2 aliphatic rings. The number of benzene rings is 1. The zero-order valence-electron chi connectivity index (χ0n) is 18.1. The number of carbonyl (C=O) groups is 1. The van der Waals surface area contributed by atoms with Crippen molar-refractivity contribution >= 4 is 38.8 Å². The first-order chi connectivity index (χ1) is 15.6. The van der Waals surface area contributed by atoms with Crippen LogP contribution >= 0.6 is 11.3 Å². The molecule has 168 valence electrons. The largest absolute Gasteiger partial charge is 0.378 e. The van der Waals surface area contributed by atoms with Crippen molar-refractivity contribution in [1.82, 2.24) is 14.9 Å². The molecule has 2 N–H and O–H groups in total. The van der Waals surface area contributed by atoms with Gasteiger partial charge in [-0.15, -0.1) is 11.3 Å². The standard InChI is InChI=1S/C23H27N5O3S/c1-27(13-19-25-22(30)21-17-3-2-4-18(17)32-23(21)26-19)14-20(29)24-15-5-7-16(8-6-15)28-9-11-31-12-10-28/h5-8H,2-4,9-14H2,1H3,(H,24,29)(H,25,26,30). The Morgan fingerprint density at radius 2 is 2.03 bits per heavy atom. The lowest BCUT2D eigenvalue weighted by Gasteiger charge is -2.28. The van der Waals surface area contributed by atoms with Crippen LogP contribution in [0.15, 0.2) is 29.1 Å². The number of aromatic amines is 1. The molecule has 32 heavy (non-hydrogen) atoms. The van der Waals surface area contributed by atoms with Gasteiger partial charge >= 0.3 is 0 Å². The van der Waals surface area contributed by atoms with E-state index in [1.807, 2.05) is 36.2 Å². The van der Waals surface area contributed by atoms with Crippen molar-refractivity contribution < 1.29 is 9.53 Å². The van der Waals surface area contributed by atoms with Gasteiger partial charge in [0.25, 0.3) is 5.56 Å². The minimum absolute atomic E-state index is 0.0670. The van der Waals surface area contributed by atoms with Crippen molar-refractivity contribution in [3.05, 3.63) is 50.9 Å². The number of H-pyrrole nitrogens is 1. The van der Waals surface area contributed by atoms with Gasteiger partial charge in [-0.25, -0.2) is 4.98 Å². The van der Waals surface area contributed by atoms with Gasteiger partial charge < -0.3 is 19.9 Å². The van der Waals surface area contributed by atoms with E-state index in [2.05, 4.69) is 20.2 Å². The molecule has 0 bridgehead atoms. The number of hydrogen-bond acceptors (Lipinski definition) is 7.